The second-order valence-corrected chi connectivity index (χ2v) is 6.98. The van der Waals surface area contributed by atoms with Crippen molar-refractivity contribution in [2.75, 3.05) is 30.0 Å². The van der Waals surface area contributed by atoms with Gasteiger partial charge in [0.2, 0.25) is 17.0 Å². The van der Waals surface area contributed by atoms with E-state index >= 15 is 0 Å². The Kier molecular flexibility index (Phi) is 6.87. The lowest BCUT2D eigenvalue weighted by Crippen LogP contribution is -2.39. The molecule has 8 nitrogen and oxygen atoms in total. The highest BCUT2D eigenvalue weighted by molar-refractivity contribution is 7.99. The number of amides is 2. The highest BCUT2D eigenvalue weighted by Crippen LogP contribution is 2.20. The molecule has 2 amide bonds. The van der Waals surface area contributed by atoms with Crippen LogP contribution in [0.25, 0.3) is 0 Å². The Morgan fingerprint density at radius 3 is 2.69 bits per heavy atom. The molecule has 0 aliphatic carbocycles. The minimum atomic E-state index is -0.284. The smallest absolute Gasteiger partial charge is 0.244 e. The molecule has 0 atom stereocenters. The van der Waals surface area contributed by atoms with Crippen molar-refractivity contribution in [2.45, 2.75) is 25.9 Å². The molecule has 0 spiro atoms. The minimum Gasteiger partial charge on any atom is -0.336 e. The van der Waals surface area contributed by atoms with Crippen LogP contribution < -0.4 is 11.2 Å². The molecule has 0 saturated heterocycles. The SMILES string of the molecule is CCN(CC(=O)Nc1cc(Cl)ccc1C)C(=O)CSc1nnc(C)n1N. The number of thioether (sulfide) groups is 1. The fourth-order valence-electron chi connectivity index (χ4n) is 2.13. The summed E-state index contributed by atoms with van der Waals surface area (Å²) in [6.07, 6.45) is 0. The number of halogens is 1. The molecule has 1 aromatic carbocycles. The van der Waals surface area contributed by atoms with Gasteiger partial charge in [-0.1, -0.05) is 29.4 Å². The van der Waals surface area contributed by atoms with E-state index in [9.17, 15) is 9.59 Å². The van der Waals surface area contributed by atoms with Gasteiger partial charge in [-0.15, -0.1) is 10.2 Å². The number of nitrogen functional groups attached to an aromatic ring is 1. The Hall–Kier alpha value is -2.26. The molecule has 2 rings (SSSR count). The van der Waals surface area contributed by atoms with Crippen LogP contribution in [0.15, 0.2) is 23.4 Å². The van der Waals surface area contributed by atoms with Crippen molar-refractivity contribution in [2.24, 2.45) is 0 Å². The number of carbonyl (C=O) groups is 2. The number of rotatable bonds is 7. The molecule has 0 saturated carbocycles. The third kappa shape index (κ3) is 5.12. The quantitative estimate of drug-likeness (QED) is 0.546. The maximum Gasteiger partial charge on any atom is 0.244 e. The van der Waals surface area contributed by atoms with Crippen LogP contribution in [0, 0.1) is 13.8 Å². The number of likely N-dealkylation sites (N-methyl/N-ethyl adjacent to an activating group) is 1. The van der Waals surface area contributed by atoms with Gasteiger partial charge in [0.15, 0.2) is 0 Å². The molecule has 10 heteroatoms. The summed E-state index contributed by atoms with van der Waals surface area (Å²) in [4.78, 5) is 26.1. The molecule has 0 aliphatic rings. The highest BCUT2D eigenvalue weighted by atomic mass is 35.5. The molecule has 0 fully saturated rings. The molecule has 3 N–H and O–H groups in total. The maximum atomic E-state index is 12.4. The van der Waals surface area contributed by atoms with Gasteiger partial charge >= 0.3 is 0 Å². The van der Waals surface area contributed by atoms with Crippen molar-refractivity contribution in [3.05, 3.63) is 34.6 Å². The Morgan fingerprint density at radius 2 is 2.08 bits per heavy atom. The van der Waals surface area contributed by atoms with Crippen molar-refractivity contribution in [3.63, 3.8) is 0 Å². The van der Waals surface area contributed by atoms with Gasteiger partial charge in [0.05, 0.1) is 12.3 Å². The lowest BCUT2D eigenvalue weighted by atomic mass is 10.2. The summed E-state index contributed by atoms with van der Waals surface area (Å²) < 4.78 is 1.32. The monoisotopic (exact) mass is 396 g/mol. The first-order chi connectivity index (χ1) is 12.3. The fraction of sp³-hybridized carbons (Fsp3) is 0.375. The highest BCUT2D eigenvalue weighted by Gasteiger charge is 2.18. The first-order valence-electron chi connectivity index (χ1n) is 7.95. The van der Waals surface area contributed by atoms with Crippen molar-refractivity contribution in [1.29, 1.82) is 0 Å². The van der Waals surface area contributed by atoms with E-state index in [0.29, 0.717) is 28.2 Å². The van der Waals surface area contributed by atoms with Crippen LogP contribution in [0.2, 0.25) is 5.02 Å². The zero-order chi connectivity index (χ0) is 19.3. The van der Waals surface area contributed by atoms with E-state index < -0.39 is 0 Å². The number of hydrogen-bond acceptors (Lipinski definition) is 6. The summed E-state index contributed by atoms with van der Waals surface area (Å²) in [7, 11) is 0. The number of carbonyl (C=O) groups excluding carboxylic acids is 2. The number of nitrogens with two attached hydrogens (primary N) is 1. The number of aryl methyl sites for hydroxylation is 2. The number of hydrogen-bond donors (Lipinski definition) is 2. The summed E-state index contributed by atoms with van der Waals surface area (Å²) >= 11 is 7.14. The van der Waals surface area contributed by atoms with Gasteiger partial charge in [-0.2, -0.15) is 0 Å². The van der Waals surface area contributed by atoms with E-state index in [-0.39, 0.29) is 24.1 Å². The predicted octanol–water partition coefficient (Wildman–Crippen LogP) is 1.84. The first kappa shape index (κ1) is 20.1. The lowest BCUT2D eigenvalue weighted by molar-refractivity contribution is -0.132. The zero-order valence-corrected chi connectivity index (χ0v) is 16.4. The van der Waals surface area contributed by atoms with Crippen molar-refractivity contribution in [1.82, 2.24) is 19.8 Å². The molecule has 1 aromatic heterocycles. The molecule has 0 aliphatic heterocycles. The summed E-state index contributed by atoms with van der Waals surface area (Å²) in [5.41, 5.74) is 1.53. The largest absolute Gasteiger partial charge is 0.336 e. The van der Waals surface area contributed by atoms with Crippen LogP contribution in [0.3, 0.4) is 0 Å². The average molecular weight is 397 g/mol. The van der Waals surface area contributed by atoms with Crippen molar-refractivity contribution in [3.8, 4) is 0 Å². The first-order valence-corrected chi connectivity index (χ1v) is 9.31. The Morgan fingerprint density at radius 1 is 1.35 bits per heavy atom. The Balaban J connectivity index is 1.92. The number of nitrogens with zero attached hydrogens (tertiary/aromatic N) is 4. The summed E-state index contributed by atoms with van der Waals surface area (Å²) in [5, 5.41) is 11.5. The molecule has 0 bridgehead atoms. The number of benzene rings is 1. The Labute approximate surface area is 161 Å². The van der Waals surface area contributed by atoms with Crippen LogP contribution in [0.1, 0.15) is 18.3 Å². The molecule has 0 radical (unpaired) electrons. The van der Waals surface area contributed by atoms with Gasteiger partial charge < -0.3 is 16.1 Å². The van der Waals surface area contributed by atoms with Gasteiger partial charge in [-0.3, -0.25) is 9.59 Å². The normalized spacial score (nSPS) is 10.6. The lowest BCUT2D eigenvalue weighted by Gasteiger charge is -2.20. The minimum absolute atomic E-state index is 0.0454. The van der Waals surface area contributed by atoms with Gasteiger partial charge in [0.1, 0.15) is 5.82 Å². The molecular weight excluding hydrogens is 376 g/mol. The number of nitrogens with one attached hydrogen (secondary N) is 1. The van der Waals surface area contributed by atoms with Crippen LogP contribution in [-0.2, 0) is 9.59 Å². The average Bonchev–Trinajstić information content (AvgIpc) is 2.92. The molecule has 140 valence electrons. The summed E-state index contributed by atoms with van der Waals surface area (Å²) in [6.45, 7) is 5.78. The molecule has 26 heavy (non-hydrogen) atoms. The van der Waals surface area contributed by atoms with Crippen molar-refractivity contribution >= 4 is 40.9 Å². The number of aromatic nitrogens is 3. The number of anilines is 1. The van der Waals surface area contributed by atoms with E-state index in [0.717, 1.165) is 5.56 Å². The van der Waals surface area contributed by atoms with Crippen molar-refractivity contribution < 1.29 is 9.59 Å². The van der Waals surface area contributed by atoms with Crippen LogP contribution in [0.4, 0.5) is 5.69 Å². The molecule has 0 unspecified atom stereocenters. The summed E-state index contributed by atoms with van der Waals surface area (Å²) in [5.74, 6) is 5.97. The standard InChI is InChI=1S/C16H21ClN6O2S/c1-4-22(15(25)9-26-16-21-20-11(3)23(16)18)8-14(24)19-13-7-12(17)6-5-10(13)2/h5-7H,4,8-9,18H2,1-3H3,(H,19,24). The summed E-state index contributed by atoms with van der Waals surface area (Å²) in [6, 6.07) is 5.25. The molecule has 2 aromatic rings. The van der Waals surface area contributed by atoms with E-state index in [1.807, 2.05) is 19.9 Å². The second-order valence-electron chi connectivity index (χ2n) is 5.60. The second kappa shape index (κ2) is 8.91. The fourth-order valence-corrected chi connectivity index (χ4v) is 3.11. The van der Waals surface area contributed by atoms with Gasteiger partial charge in [0.25, 0.3) is 0 Å². The van der Waals surface area contributed by atoms with Gasteiger partial charge in [0, 0.05) is 17.3 Å². The molecule has 1 heterocycles. The zero-order valence-electron chi connectivity index (χ0n) is 14.8. The van der Waals surface area contributed by atoms with E-state index in [1.54, 1.807) is 19.1 Å². The Bertz CT molecular complexity index is 810. The third-order valence-electron chi connectivity index (χ3n) is 3.70. The third-order valence-corrected chi connectivity index (χ3v) is 4.87. The van der Waals surface area contributed by atoms with Crippen LogP contribution >= 0.6 is 23.4 Å². The topological polar surface area (TPSA) is 106 Å². The predicted molar refractivity (Wildman–Crippen MR) is 103 cm³/mol. The van der Waals surface area contributed by atoms with E-state index in [4.69, 9.17) is 17.4 Å². The van der Waals surface area contributed by atoms with Crippen LogP contribution in [0.5, 0.6) is 0 Å². The molecular formula is C16H21ClN6O2S. The van der Waals surface area contributed by atoms with E-state index in [2.05, 4.69) is 15.5 Å². The van der Waals surface area contributed by atoms with Crippen LogP contribution in [-0.4, -0.2) is 50.4 Å². The van der Waals surface area contributed by atoms with Gasteiger partial charge in [-0.05, 0) is 38.5 Å². The maximum absolute atomic E-state index is 12.4. The van der Waals surface area contributed by atoms with E-state index in [1.165, 1.54) is 21.3 Å². The van der Waals surface area contributed by atoms with Gasteiger partial charge in [-0.25, -0.2) is 4.68 Å².